The summed E-state index contributed by atoms with van der Waals surface area (Å²) in [6, 6.07) is 0.692. The molecule has 1 aliphatic heterocycles. The highest BCUT2D eigenvalue weighted by Gasteiger charge is 2.16. The SMILES string of the molecule is CCC(=N)CCNC1CCN(CC)CC1. The van der Waals surface area contributed by atoms with Gasteiger partial charge in [0.1, 0.15) is 0 Å². The van der Waals surface area contributed by atoms with Crippen LogP contribution in [0.25, 0.3) is 0 Å². The molecular formula is C12H25N3. The Morgan fingerprint density at radius 3 is 2.53 bits per heavy atom. The van der Waals surface area contributed by atoms with Crippen molar-refractivity contribution in [3.05, 3.63) is 0 Å². The summed E-state index contributed by atoms with van der Waals surface area (Å²) in [5, 5.41) is 11.1. The second kappa shape index (κ2) is 6.96. The molecule has 1 aliphatic rings. The molecule has 0 unspecified atom stereocenters. The van der Waals surface area contributed by atoms with Crippen LogP contribution in [0.15, 0.2) is 0 Å². The third-order valence-corrected chi connectivity index (χ3v) is 3.32. The van der Waals surface area contributed by atoms with Crippen molar-refractivity contribution in [1.82, 2.24) is 10.2 Å². The molecular weight excluding hydrogens is 186 g/mol. The lowest BCUT2D eigenvalue weighted by atomic mass is 10.0. The Hall–Kier alpha value is -0.410. The van der Waals surface area contributed by atoms with Crippen molar-refractivity contribution in [3.63, 3.8) is 0 Å². The van der Waals surface area contributed by atoms with Crippen LogP contribution in [0.4, 0.5) is 0 Å². The van der Waals surface area contributed by atoms with Crippen LogP contribution in [-0.2, 0) is 0 Å². The molecule has 15 heavy (non-hydrogen) atoms. The number of hydrogen-bond acceptors (Lipinski definition) is 3. The van der Waals surface area contributed by atoms with Crippen LogP contribution < -0.4 is 5.32 Å². The summed E-state index contributed by atoms with van der Waals surface area (Å²) in [4.78, 5) is 2.51. The van der Waals surface area contributed by atoms with Crippen molar-refractivity contribution in [2.24, 2.45) is 0 Å². The first-order valence-corrected chi connectivity index (χ1v) is 6.28. The van der Waals surface area contributed by atoms with E-state index in [0.29, 0.717) is 6.04 Å². The predicted octanol–water partition coefficient (Wildman–Crippen LogP) is 1.88. The van der Waals surface area contributed by atoms with Gasteiger partial charge >= 0.3 is 0 Å². The first kappa shape index (κ1) is 12.7. The van der Waals surface area contributed by atoms with Crippen LogP contribution in [0.1, 0.15) is 39.5 Å². The van der Waals surface area contributed by atoms with Crippen molar-refractivity contribution < 1.29 is 0 Å². The lowest BCUT2D eigenvalue weighted by Crippen LogP contribution is -2.42. The van der Waals surface area contributed by atoms with Gasteiger partial charge in [-0.1, -0.05) is 13.8 Å². The average Bonchev–Trinajstić information content (AvgIpc) is 2.29. The van der Waals surface area contributed by atoms with Gasteiger partial charge < -0.3 is 15.6 Å². The summed E-state index contributed by atoms with van der Waals surface area (Å²) >= 11 is 0. The van der Waals surface area contributed by atoms with E-state index in [1.807, 2.05) is 0 Å². The molecule has 3 nitrogen and oxygen atoms in total. The van der Waals surface area contributed by atoms with Gasteiger partial charge in [-0.3, -0.25) is 0 Å². The molecule has 1 fully saturated rings. The number of nitrogens with one attached hydrogen (secondary N) is 2. The Labute approximate surface area is 93.7 Å². The Morgan fingerprint density at radius 1 is 1.33 bits per heavy atom. The lowest BCUT2D eigenvalue weighted by Gasteiger charge is -2.31. The Balaban J connectivity index is 2.06. The fourth-order valence-electron chi connectivity index (χ4n) is 2.06. The maximum absolute atomic E-state index is 7.57. The molecule has 1 saturated heterocycles. The molecule has 1 rings (SSSR count). The normalized spacial score (nSPS) is 19.3. The summed E-state index contributed by atoms with van der Waals surface area (Å²) in [6.07, 6.45) is 4.36. The molecule has 0 aliphatic carbocycles. The van der Waals surface area contributed by atoms with Gasteiger partial charge in [0.05, 0.1) is 0 Å². The van der Waals surface area contributed by atoms with Crippen molar-refractivity contribution in [3.8, 4) is 0 Å². The summed E-state index contributed by atoms with van der Waals surface area (Å²) in [7, 11) is 0. The minimum absolute atomic E-state index is 0.692. The largest absolute Gasteiger partial charge is 0.314 e. The second-order valence-electron chi connectivity index (χ2n) is 4.37. The van der Waals surface area contributed by atoms with E-state index in [4.69, 9.17) is 5.41 Å². The second-order valence-corrected chi connectivity index (χ2v) is 4.37. The van der Waals surface area contributed by atoms with Gasteiger partial charge in [-0.25, -0.2) is 0 Å². The van der Waals surface area contributed by atoms with E-state index in [0.717, 1.165) is 25.1 Å². The maximum Gasteiger partial charge on any atom is 0.00990 e. The molecule has 88 valence electrons. The topological polar surface area (TPSA) is 39.1 Å². The zero-order valence-electron chi connectivity index (χ0n) is 10.2. The minimum Gasteiger partial charge on any atom is -0.314 e. The van der Waals surface area contributed by atoms with E-state index in [2.05, 4.69) is 24.1 Å². The quantitative estimate of drug-likeness (QED) is 0.658. The molecule has 2 N–H and O–H groups in total. The zero-order chi connectivity index (χ0) is 11.1. The van der Waals surface area contributed by atoms with Crippen molar-refractivity contribution >= 4 is 5.71 Å². The maximum atomic E-state index is 7.57. The number of rotatable bonds is 6. The van der Waals surface area contributed by atoms with Crippen LogP contribution in [-0.4, -0.2) is 42.8 Å². The van der Waals surface area contributed by atoms with Gasteiger partial charge in [0.25, 0.3) is 0 Å². The van der Waals surface area contributed by atoms with Gasteiger partial charge in [-0.05, 0) is 45.3 Å². The molecule has 3 heteroatoms. The Morgan fingerprint density at radius 2 is 2.00 bits per heavy atom. The molecule has 0 atom stereocenters. The van der Waals surface area contributed by atoms with Crippen LogP contribution in [0.2, 0.25) is 0 Å². The fourth-order valence-corrected chi connectivity index (χ4v) is 2.06. The van der Waals surface area contributed by atoms with Gasteiger partial charge in [-0.15, -0.1) is 0 Å². The van der Waals surface area contributed by atoms with E-state index in [1.54, 1.807) is 0 Å². The first-order chi connectivity index (χ1) is 7.26. The third-order valence-electron chi connectivity index (χ3n) is 3.32. The summed E-state index contributed by atoms with van der Waals surface area (Å²) in [5.74, 6) is 0. The molecule has 0 amide bonds. The minimum atomic E-state index is 0.692. The molecule has 0 aromatic carbocycles. The molecule has 0 spiro atoms. The Kier molecular flexibility index (Phi) is 5.88. The van der Waals surface area contributed by atoms with Gasteiger partial charge in [0.15, 0.2) is 0 Å². The predicted molar refractivity (Wildman–Crippen MR) is 65.8 cm³/mol. The summed E-state index contributed by atoms with van der Waals surface area (Å²) in [5.41, 5.74) is 0.869. The molecule has 1 heterocycles. The van der Waals surface area contributed by atoms with Crippen LogP contribution in [0.5, 0.6) is 0 Å². The number of likely N-dealkylation sites (tertiary alicyclic amines) is 1. The molecule has 0 aromatic rings. The molecule has 0 aromatic heterocycles. The average molecular weight is 211 g/mol. The van der Waals surface area contributed by atoms with E-state index in [-0.39, 0.29) is 0 Å². The fraction of sp³-hybridized carbons (Fsp3) is 0.917. The number of piperidine rings is 1. The van der Waals surface area contributed by atoms with Crippen LogP contribution >= 0.6 is 0 Å². The third kappa shape index (κ3) is 4.76. The zero-order valence-corrected chi connectivity index (χ0v) is 10.2. The van der Waals surface area contributed by atoms with E-state index < -0.39 is 0 Å². The summed E-state index contributed by atoms with van der Waals surface area (Å²) < 4.78 is 0. The lowest BCUT2D eigenvalue weighted by molar-refractivity contribution is 0.207. The summed E-state index contributed by atoms with van der Waals surface area (Å²) in [6.45, 7) is 8.94. The molecule has 0 bridgehead atoms. The van der Waals surface area contributed by atoms with E-state index in [9.17, 15) is 0 Å². The monoisotopic (exact) mass is 211 g/mol. The standard InChI is InChI=1S/C12H25N3/c1-3-11(13)5-8-14-12-6-9-15(4-2)10-7-12/h12-14H,3-10H2,1-2H3. The van der Waals surface area contributed by atoms with Gasteiger partial charge in [0, 0.05) is 18.3 Å². The van der Waals surface area contributed by atoms with Crippen molar-refractivity contribution in [1.29, 1.82) is 5.41 Å². The van der Waals surface area contributed by atoms with E-state index in [1.165, 1.54) is 32.5 Å². The van der Waals surface area contributed by atoms with Gasteiger partial charge in [-0.2, -0.15) is 0 Å². The number of hydrogen-bond donors (Lipinski definition) is 2. The Bertz CT molecular complexity index is 183. The highest BCUT2D eigenvalue weighted by Crippen LogP contribution is 2.09. The highest BCUT2D eigenvalue weighted by atomic mass is 15.1. The number of nitrogens with zero attached hydrogens (tertiary/aromatic N) is 1. The highest BCUT2D eigenvalue weighted by molar-refractivity contribution is 5.81. The van der Waals surface area contributed by atoms with E-state index >= 15 is 0 Å². The van der Waals surface area contributed by atoms with Gasteiger partial charge in [0.2, 0.25) is 0 Å². The first-order valence-electron chi connectivity index (χ1n) is 6.28. The van der Waals surface area contributed by atoms with Crippen molar-refractivity contribution in [2.45, 2.75) is 45.6 Å². The molecule has 0 saturated carbocycles. The smallest absolute Gasteiger partial charge is 0.00990 e. The molecule has 0 radical (unpaired) electrons. The van der Waals surface area contributed by atoms with Crippen molar-refractivity contribution in [2.75, 3.05) is 26.2 Å². The van der Waals surface area contributed by atoms with Crippen LogP contribution in [0, 0.1) is 5.41 Å². The van der Waals surface area contributed by atoms with Crippen LogP contribution in [0.3, 0.4) is 0 Å².